The first-order chi connectivity index (χ1) is 14.9. The average Bonchev–Trinajstić information content (AvgIpc) is 3.31. The first-order valence-corrected chi connectivity index (χ1v) is 12.3. The van der Waals surface area contributed by atoms with Gasteiger partial charge in [0.05, 0.1) is 16.4 Å². The number of carbonyl (C=O) groups excluding carboxylic acids is 4. The van der Waals surface area contributed by atoms with Crippen molar-refractivity contribution >= 4 is 75.7 Å². The normalized spacial score (nSPS) is 15.0. The molecule has 0 bridgehead atoms. The smallest absolute Gasteiger partial charge is 0.293 e. The van der Waals surface area contributed by atoms with Crippen LogP contribution in [0.2, 0.25) is 0 Å². The molecule has 0 spiro atoms. The van der Waals surface area contributed by atoms with Gasteiger partial charge in [0, 0.05) is 25.5 Å². The summed E-state index contributed by atoms with van der Waals surface area (Å²) in [7, 11) is 0. The zero-order valence-electron chi connectivity index (χ0n) is 15.8. The van der Waals surface area contributed by atoms with Crippen molar-refractivity contribution in [2.45, 2.75) is 8.68 Å². The molecule has 162 valence electrons. The standard InChI is InChI=1S/C17H16N6O4S4/c18-12(24)8-28-15-21-22-16(31-15)29-9-13(25)20-4-5-23-14(26)11(30-17(23)27)6-10-2-1-3-19-7-10/h1-3,6-7H,4-5,8-9H2,(H2,18,24)(H,20,25)/b11-6-. The fraction of sp³-hybridized carbons (Fsp3) is 0.235. The van der Waals surface area contributed by atoms with Crippen LogP contribution in [0.3, 0.4) is 0 Å². The lowest BCUT2D eigenvalue weighted by atomic mass is 10.2. The zero-order chi connectivity index (χ0) is 22.2. The summed E-state index contributed by atoms with van der Waals surface area (Å²) in [6.45, 7) is 0.228. The first-order valence-electron chi connectivity index (χ1n) is 8.72. The molecular formula is C17H16N6O4S4. The summed E-state index contributed by atoms with van der Waals surface area (Å²) >= 11 is 4.52. The van der Waals surface area contributed by atoms with Crippen molar-refractivity contribution in [3.05, 3.63) is 35.0 Å². The molecule has 2 aromatic rings. The number of nitrogens with one attached hydrogen (secondary N) is 1. The minimum absolute atomic E-state index is 0.0815. The molecule has 1 aliphatic heterocycles. The van der Waals surface area contributed by atoms with E-state index in [2.05, 4.69) is 20.5 Å². The zero-order valence-corrected chi connectivity index (χ0v) is 19.1. The quantitative estimate of drug-likeness (QED) is 0.366. The third-order valence-corrected chi connectivity index (χ3v) is 7.69. The molecule has 3 N–H and O–H groups in total. The Hall–Kier alpha value is -2.42. The molecule has 3 heterocycles. The number of rotatable bonds is 10. The van der Waals surface area contributed by atoms with E-state index in [1.165, 1.54) is 34.9 Å². The van der Waals surface area contributed by atoms with Crippen molar-refractivity contribution in [3.8, 4) is 0 Å². The summed E-state index contributed by atoms with van der Waals surface area (Å²) in [5, 5.41) is 10.2. The largest absolute Gasteiger partial charge is 0.369 e. The number of nitrogens with zero attached hydrogens (tertiary/aromatic N) is 4. The Bertz CT molecular complexity index is 1010. The molecule has 1 fully saturated rings. The maximum atomic E-state index is 12.4. The Balaban J connectivity index is 1.41. The topological polar surface area (TPSA) is 148 Å². The van der Waals surface area contributed by atoms with E-state index in [0.29, 0.717) is 13.6 Å². The van der Waals surface area contributed by atoms with E-state index in [-0.39, 0.29) is 35.7 Å². The number of hydrogen-bond donors (Lipinski definition) is 2. The molecule has 0 radical (unpaired) electrons. The molecule has 3 rings (SSSR count). The second-order valence-electron chi connectivity index (χ2n) is 5.85. The summed E-state index contributed by atoms with van der Waals surface area (Å²) < 4.78 is 1.19. The van der Waals surface area contributed by atoms with E-state index in [9.17, 15) is 19.2 Å². The fourth-order valence-corrected chi connectivity index (χ4v) is 5.69. The van der Waals surface area contributed by atoms with Gasteiger partial charge < -0.3 is 11.1 Å². The van der Waals surface area contributed by atoms with Gasteiger partial charge in [-0.05, 0) is 29.5 Å². The Labute approximate surface area is 193 Å². The molecule has 31 heavy (non-hydrogen) atoms. The Kier molecular flexibility index (Phi) is 8.45. The summed E-state index contributed by atoms with van der Waals surface area (Å²) in [6.07, 6.45) is 4.84. The van der Waals surface area contributed by atoms with Crippen LogP contribution in [0.1, 0.15) is 5.56 Å². The number of imide groups is 1. The van der Waals surface area contributed by atoms with Crippen LogP contribution in [0.15, 0.2) is 38.1 Å². The van der Waals surface area contributed by atoms with Gasteiger partial charge in [0.1, 0.15) is 0 Å². The van der Waals surface area contributed by atoms with Crippen molar-refractivity contribution in [1.82, 2.24) is 25.4 Å². The van der Waals surface area contributed by atoms with Gasteiger partial charge in [0.15, 0.2) is 8.68 Å². The highest BCUT2D eigenvalue weighted by atomic mass is 32.2. The second-order valence-corrected chi connectivity index (χ2v) is 10.3. The predicted octanol–water partition coefficient (Wildman–Crippen LogP) is 1.46. The molecule has 0 aromatic carbocycles. The molecule has 0 unspecified atom stereocenters. The third-order valence-electron chi connectivity index (χ3n) is 3.57. The first kappa shape index (κ1) is 23.2. The molecule has 1 aliphatic rings. The molecule has 4 amide bonds. The van der Waals surface area contributed by atoms with Crippen LogP contribution < -0.4 is 11.1 Å². The van der Waals surface area contributed by atoms with Gasteiger partial charge in [-0.3, -0.25) is 29.1 Å². The number of nitrogens with two attached hydrogens (primary N) is 1. The number of aromatic nitrogens is 3. The lowest BCUT2D eigenvalue weighted by molar-refractivity contribution is -0.123. The van der Waals surface area contributed by atoms with Crippen molar-refractivity contribution in [3.63, 3.8) is 0 Å². The number of hydrogen-bond acceptors (Lipinski definition) is 11. The van der Waals surface area contributed by atoms with Gasteiger partial charge in [-0.25, -0.2) is 0 Å². The molecular weight excluding hydrogens is 480 g/mol. The number of pyridine rings is 1. The molecule has 2 aromatic heterocycles. The molecule has 0 saturated carbocycles. The van der Waals surface area contributed by atoms with E-state index in [0.717, 1.165) is 22.2 Å². The van der Waals surface area contributed by atoms with Gasteiger partial charge in [-0.1, -0.05) is 40.9 Å². The second kappa shape index (κ2) is 11.3. The highest BCUT2D eigenvalue weighted by Gasteiger charge is 2.34. The van der Waals surface area contributed by atoms with Gasteiger partial charge in [0.25, 0.3) is 11.1 Å². The lowest BCUT2D eigenvalue weighted by Gasteiger charge is -2.12. The van der Waals surface area contributed by atoms with Crippen molar-refractivity contribution < 1.29 is 19.2 Å². The summed E-state index contributed by atoms with van der Waals surface area (Å²) in [4.78, 5) is 52.8. The number of amides is 4. The van der Waals surface area contributed by atoms with E-state index < -0.39 is 11.8 Å². The minimum atomic E-state index is -0.443. The molecule has 1 saturated heterocycles. The summed E-state index contributed by atoms with van der Waals surface area (Å²) in [5.74, 6) is -0.869. The van der Waals surface area contributed by atoms with Gasteiger partial charge in [-0.2, -0.15) is 0 Å². The Morgan fingerprint density at radius 1 is 1.19 bits per heavy atom. The molecule has 0 atom stereocenters. The maximum Gasteiger partial charge on any atom is 0.293 e. The SMILES string of the molecule is NC(=O)CSc1nnc(SCC(=O)NCCN2C(=O)S/C(=C\c3cccnc3)C2=O)s1. The van der Waals surface area contributed by atoms with Crippen LogP contribution in [0.5, 0.6) is 0 Å². The van der Waals surface area contributed by atoms with Crippen LogP contribution >= 0.6 is 46.6 Å². The van der Waals surface area contributed by atoms with E-state index in [4.69, 9.17) is 5.73 Å². The Morgan fingerprint density at radius 2 is 1.94 bits per heavy atom. The Morgan fingerprint density at radius 3 is 2.61 bits per heavy atom. The van der Waals surface area contributed by atoms with Gasteiger partial charge in [-0.15, -0.1) is 10.2 Å². The fourth-order valence-electron chi connectivity index (χ4n) is 2.24. The third kappa shape index (κ3) is 7.05. The van der Waals surface area contributed by atoms with Crippen LogP contribution in [-0.2, 0) is 14.4 Å². The monoisotopic (exact) mass is 496 g/mol. The highest BCUT2D eigenvalue weighted by molar-refractivity contribution is 8.18. The van der Waals surface area contributed by atoms with Crippen LogP contribution in [0.4, 0.5) is 4.79 Å². The van der Waals surface area contributed by atoms with E-state index >= 15 is 0 Å². The molecule has 10 nitrogen and oxygen atoms in total. The van der Waals surface area contributed by atoms with Crippen molar-refractivity contribution in [1.29, 1.82) is 0 Å². The van der Waals surface area contributed by atoms with E-state index in [1.54, 1.807) is 30.6 Å². The average molecular weight is 497 g/mol. The van der Waals surface area contributed by atoms with Gasteiger partial charge >= 0.3 is 0 Å². The molecule has 0 aliphatic carbocycles. The van der Waals surface area contributed by atoms with E-state index in [1.807, 2.05) is 0 Å². The number of primary amides is 1. The maximum absolute atomic E-state index is 12.4. The lowest BCUT2D eigenvalue weighted by Crippen LogP contribution is -2.37. The predicted molar refractivity (Wildman–Crippen MR) is 120 cm³/mol. The number of thioether (sulfide) groups is 3. The van der Waals surface area contributed by atoms with Crippen LogP contribution in [0, 0.1) is 0 Å². The molecule has 14 heteroatoms. The van der Waals surface area contributed by atoms with Crippen molar-refractivity contribution in [2.24, 2.45) is 5.73 Å². The van der Waals surface area contributed by atoms with Crippen molar-refractivity contribution in [2.75, 3.05) is 24.6 Å². The number of carbonyl (C=O) groups is 4. The summed E-state index contributed by atoms with van der Waals surface area (Å²) in [5.41, 5.74) is 5.81. The van der Waals surface area contributed by atoms with Gasteiger partial charge in [0.2, 0.25) is 11.8 Å². The van der Waals surface area contributed by atoms with Crippen LogP contribution in [-0.4, -0.2) is 67.6 Å². The van der Waals surface area contributed by atoms with Crippen LogP contribution in [0.25, 0.3) is 6.08 Å². The highest BCUT2D eigenvalue weighted by Crippen LogP contribution is 2.32. The minimum Gasteiger partial charge on any atom is -0.369 e. The summed E-state index contributed by atoms with van der Waals surface area (Å²) in [6, 6.07) is 3.53.